The first-order valence-corrected chi connectivity index (χ1v) is 11.2. The number of para-hydroxylation sites is 1. The largest absolute Gasteiger partial charge is 0.493 e. The Bertz CT molecular complexity index is 1230. The third-order valence-electron chi connectivity index (χ3n) is 4.82. The van der Waals surface area contributed by atoms with Gasteiger partial charge in [-0.1, -0.05) is 53.7 Å². The van der Waals surface area contributed by atoms with Crippen LogP contribution in [0.5, 0.6) is 17.2 Å². The molecule has 0 aliphatic rings. The lowest BCUT2D eigenvalue weighted by Crippen LogP contribution is -2.01. The monoisotopic (exact) mass is 467 g/mol. The highest BCUT2D eigenvalue weighted by Gasteiger charge is 2.15. The van der Waals surface area contributed by atoms with Gasteiger partial charge in [-0.15, -0.1) is 0 Å². The zero-order chi connectivity index (χ0) is 22.5. The number of hydrogen-bond donors (Lipinski definition) is 1. The second-order valence-electron chi connectivity index (χ2n) is 6.79. The first kappa shape index (κ1) is 22.0. The van der Waals surface area contributed by atoms with Crippen LogP contribution in [0.25, 0.3) is 10.9 Å². The number of ether oxygens (including phenoxy) is 3. The number of thioether (sulfide) groups is 1. The van der Waals surface area contributed by atoms with E-state index in [0.29, 0.717) is 34.0 Å². The average molecular weight is 468 g/mol. The molecule has 0 unspecified atom stereocenters. The van der Waals surface area contributed by atoms with Gasteiger partial charge in [0.1, 0.15) is 5.82 Å². The van der Waals surface area contributed by atoms with Gasteiger partial charge in [0.2, 0.25) is 5.75 Å². The maximum atomic E-state index is 6.31. The molecule has 0 spiro atoms. The second kappa shape index (κ2) is 9.97. The van der Waals surface area contributed by atoms with E-state index in [-0.39, 0.29) is 0 Å². The Balaban J connectivity index is 1.70. The molecule has 1 N–H and O–H groups in total. The number of aromatic nitrogens is 2. The van der Waals surface area contributed by atoms with Crippen LogP contribution in [0.15, 0.2) is 65.8 Å². The van der Waals surface area contributed by atoms with E-state index < -0.39 is 0 Å². The molecule has 32 heavy (non-hydrogen) atoms. The Kier molecular flexibility index (Phi) is 6.87. The molecule has 4 rings (SSSR count). The zero-order valence-corrected chi connectivity index (χ0v) is 19.5. The first-order valence-electron chi connectivity index (χ1n) is 9.83. The van der Waals surface area contributed by atoms with Gasteiger partial charge < -0.3 is 19.5 Å². The molecular formula is C24H22ClN3O3S. The molecule has 0 saturated heterocycles. The van der Waals surface area contributed by atoms with E-state index in [1.165, 1.54) is 11.8 Å². The van der Waals surface area contributed by atoms with Gasteiger partial charge in [-0.05, 0) is 23.8 Å². The van der Waals surface area contributed by atoms with Gasteiger partial charge in [0.25, 0.3) is 0 Å². The van der Waals surface area contributed by atoms with Crippen molar-refractivity contribution in [1.82, 2.24) is 9.97 Å². The summed E-state index contributed by atoms with van der Waals surface area (Å²) in [5.41, 5.74) is 2.64. The molecular weight excluding hydrogens is 446 g/mol. The average Bonchev–Trinajstić information content (AvgIpc) is 2.82. The minimum atomic E-state index is 0.532. The smallest absolute Gasteiger partial charge is 0.203 e. The first-order chi connectivity index (χ1) is 15.6. The molecule has 0 atom stereocenters. The van der Waals surface area contributed by atoms with Crippen molar-refractivity contribution in [3.63, 3.8) is 0 Å². The summed E-state index contributed by atoms with van der Waals surface area (Å²) in [7, 11) is 4.75. The summed E-state index contributed by atoms with van der Waals surface area (Å²) in [6.45, 7) is 0. The number of benzene rings is 3. The quantitative estimate of drug-likeness (QED) is 0.239. The lowest BCUT2D eigenvalue weighted by atomic mass is 10.2. The van der Waals surface area contributed by atoms with E-state index >= 15 is 0 Å². The molecule has 164 valence electrons. The summed E-state index contributed by atoms with van der Waals surface area (Å²) >= 11 is 7.84. The molecule has 1 heterocycles. The Hall–Kier alpha value is -3.16. The van der Waals surface area contributed by atoms with Gasteiger partial charge >= 0.3 is 0 Å². The van der Waals surface area contributed by atoms with Crippen molar-refractivity contribution in [3.8, 4) is 17.2 Å². The molecule has 0 amide bonds. The summed E-state index contributed by atoms with van der Waals surface area (Å²) in [6, 6.07) is 19.3. The highest BCUT2D eigenvalue weighted by molar-refractivity contribution is 7.98. The van der Waals surface area contributed by atoms with Crippen molar-refractivity contribution in [2.45, 2.75) is 10.9 Å². The molecule has 6 nitrogen and oxygen atoms in total. The van der Waals surface area contributed by atoms with Crippen LogP contribution >= 0.6 is 23.4 Å². The highest BCUT2D eigenvalue weighted by Crippen LogP contribution is 2.41. The van der Waals surface area contributed by atoms with Crippen LogP contribution in [0.4, 0.5) is 11.5 Å². The predicted molar refractivity (Wildman–Crippen MR) is 130 cm³/mol. The van der Waals surface area contributed by atoms with Crippen molar-refractivity contribution in [1.29, 1.82) is 0 Å². The van der Waals surface area contributed by atoms with Crippen LogP contribution in [-0.2, 0) is 5.75 Å². The van der Waals surface area contributed by atoms with Crippen molar-refractivity contribution < 1.29 is 14.2 Å². The fourth-order valence-corrected chi connectivity index (χ4v) is 4.40. The molecule has 8 heteroatoms. The van der Waals surface area contributed by atoms with Crippen molar-refractivity contribution >= 4 is 45.8 Å². The van der Waals surface area contributed by atoms with Crippen molar-refractivity contribution in [2.24, 2.45) is 0 Å². The molecule has 4 aromatic rings. The Morgan fingerprint density at radius 3 is 2.25 bits per heavy atom. The number of nitrogens with one attached hydrogen (secondary N) is 1. The fourth-order valence-electron chi connectivity index (χ4n) is 3.26. The van der Waals surface area contributed by atoms with Crippen LogP contribution in [0.1, 0.15) is 5.56 Å². The van der Waals surface area contributed by atoms with Gasteiger partial charge in [0.05, 0.1) is 26.8 Å². The SMILES string of the molecule is COc1cc(Nc2nc(SCc3ccccc3Cl)nc3ccccc23)cc(OC)c1OC. The van der Waals surface area contributed by atoms with Gasteiger partial charge in [0, 0.05) is 34.0 Å². The van der Waals surface area contributed by atoms with Gasteiger partial charge in [-0.2, -0.15) is 0 Å². The predicted octanol–water partition coefficient (Wildman–Crippen LogP) is 6.34. The summed E-state index contributed by atoms with van der Waals surface area (Å²) in [5, 5.41) is 5.68. The fraction of sp³-hybridized carbons (Fsp3) is 0.167. The lowest BCUT2D eigenvalue weighted by molar-refractivity contribution is 0.324. The molecule has 0 aliphatic heterocycles. The van der Waals surface area contributed by atoms with Crippen molar-refractivity contribution in [3.05, 3.63) is 71.2 Å². The second-order valence-corrected chi connectivity index (χ2v) is 8.14. The van der Waals surface area contributed by atoms with E-state index in [9.17, 15) is 0 Å². The maximum absolute atomic E-state index is 6.31. The molecule has 0 aliphatic carbocycles. The number of fused-ring (bicyclic) bond motifs is 1. The number of halogens is 1. The van der Waals surface area contributed by atoms with Crippen LogP contribution < -0.4 is 19.5 Å². The van der Waals surface area contributed by atoms with E-state index in [0.717, 1.165) is 27.2 Å². The summed E-state index contributed by atoms with van der Waals surface area (Å²) in [5.74, 6) is 3.00. The number of hydrogen-bond acceptors (Lipinski definition) is 7. The molecule has 0 bridgehead atoms. The number of methoxy groups -OCH3 is 3. The van der Waals surface area contributed by atoms with Crippen molar-refractivity contribution in [2.75, 3.05) is 26.6 Å². The summed E-state index contributed by atoms with van der Waals surface area (Å²) in [4.78, 5) is 9.50. The summed E-state index contributed by atoms with van der Waals surface area (Å²) in [6.07, 6.45) is 0. The van der Waals surface area contributed by atoms with Gasteiger partial charge in [-0.3, -0.25) is 0 Å². The van der Waals surface area contributed by atoms with Crippen LogP contribution in [0, 0.1) is 0 Å². The zero-order valence-electron chi connectivity index (χ0n) is 17.9. The van der Waals surface area contributed by atoms with Gasteiger partial charge in [0.15, 0.2) is 16.7 Å². The van der Waals surface area contributed by atoms with E-state index in [1.807, 2.05) is 60.7 Å². The Labute approximate surface area is 195 Å². The minimum Gasteiger partial charge on any atom is -0.493 e. The molecule has 1 aromatic heterocycles. The van der Waals surface area contributed by atoms with Crippen LogP contribution in [0.3, 0.4) is 0 Å². The normalized spacial score (nSPS) is 10.8. The maximum Gasteiger partial charge on any atom is 0.203 e. The lowest BCUT2D eigenvalue weighted by Gasteiger charge is -2.16. The van der Waals surface area contributed by atoms with Gasteiger partial charge in [-0.25, -0.2) is 9.97 Å². The van der Waals surface area contributed by atoms with Crippen LogP contribution in [0.2, 0.25) is 5.02 Å². The Morgan fingerprint density at radius 2 is 1.56 bits per heavy atom. The molecule has 0 fully saturated rings. The van der Waals surface area contributed by atoms with E-state index in [4.69, 9.17) is 35.8 Å². The topological polar surface area (TPSA) is 65.5 Å². The highest BCUT2D eigenvalue weighted by atomic mass is 35.5. The summed E-state index contributed by atoms with van der Waals surface area (Å²) < 4.78 is 16.4. The Morgan fingerprint density at radius 1 is 0.875 bits per heavy atom. The molecule has 0 radical (unpaired) electrons. The molecule has 0 saturated carbocycles. The number of anilines is 2. The van der Waals surface area contributed by atoms with E-state index in [2.05, 4.69) is 5.32 Å². The van der Waals surface area contributed by atoms with E-state index in [1.54, 1.807) is 21.3 Å². The third kappa shape index (κ3) is 4.69. The molecule has 3 aromatic carbocycles. The van der Waals surface area contributed by atoms with Crippen LogP contribution in [-0.4, -0.2) is 31.3 Å². The number of nitrogens with zero attached hydrogens (tertiary/aromatic N) is 2. The number of rotatable bonds is 8. The standard InChI is InChI=1S/C24H22ClN3O3S/c1-29-20-12-16(13-21(30-2)22(20)31-3)26-23-17-9-5-7-11-19(17)27-24(28-23)32-14-15-8-4-6-10-18(15)25/h4-13H,14H2,1-3H3,(H,26,27,28). The minimum absolute atomic E-state index is 0.532. The third-order valence-corrected chi connectivity index (χ3v) is 6.09.